The minimum atomic E-state index is 0.244. The third-order valence-corrected chi connectivity index (χ3v) is 2.83. The van der Waals surface area contributed by atoms with Gasteiger partial charge in [0, 0.05) is 12.5 Å². The van der Waals surface area contributed by atoms with Crippen molar-refractivity contribution in [3.8, 4) is 0 Å². The van der Waals surface area contributed by atoms with Gasteiger partial charge in [-0.25, -0.2) is 0 Å². The highest BCUT2D eigenvalue weighted by Gasteiger charge is 2.32. The molecule has 1 fully saturated rings. The van der Waals surface area contributed by atoms with Gasteiger partial charge in [-0.05, 0) is 18.5 Å². The zero-order valence-corrected chi connectivity index (χ0v) is 7.92. The summed E-state index contributed by atoms with van der Waals surface area (Å²) in [6, 6.07) is 0. The maximum absolute atomic E-state index is 11.6. The van der Waals surface area contributed by atoms with E-state index in [4.69, 9.17) is 0 Å². The van der Waals surface area contributed by atoms with E-state index in [2.05, 4.69) is 20.4 Å². The summed E-state index contributed by atoms with van der Waals surface area (Å²) in [5, 5.41) is 0. The first-order chi connectivity index (χ1) is 5.70. The molecule has 1 heterocycles. The van der Waals surface area contributed by atoms with Crippen LogP contribution in [0.5, 0.6) is 0 Å². The van der Waals surface area contributed by atoms with Crippen LogP contribution in [-0.2, 0) is 4.79 Å². The Morgan fingerprint density at radius 2 is 2.50 bits per heavy atom. The predicted molar refractivity (Wildman–Crippen MR) is 49.5 cm³/mol. The molecule has 2 atom stereocenters. The van der Waals surface area contributed by atoms with Crippen LogP contribution in [0.2, 0.25) is 0 Å². The van der Waals surface area contributed by atoms with Crippen molar-refractivity contribution in [2.24, 2.45) is 11.8 Å². The smallest absolute Gasteiger partial charge is 0.229 e. The van der Waals surface area contributed by atoms with E-state index in [-0.39, 0.29) is 11.8 Å². The van der Waals surface area contributed by atoms with Crippen LogP contribution in [0, 0.1) is 11.8 Å². The third kappa shape index (κ3) is 1.52. The molecule has 0 radical (unpaired) electrons. The Hall–Kier alpha value is -0.790. The van der Waals surface area contributed by atoms with Gasteiger partial charge in [-0.2, -0.15) is 0 Å². The second-order valence-corrected chi connectivity index (χ2v) is 3.49. The first-order valence-electron chi connectivity index (χ1n) is 4.63. The summed E-state index contributed by atoms with van der Waals surface area (Å²) in [7, 11) is 0. The lowest BCUT2D eigenvalue weighted by Crippen LogP contribution is -2.24. The minimum absolute atomic E-state index is 0.244. The molecule has 1 rings (SSSR count). The zero-order valence-electron chi connectivity index (χ0n) is 7.92. The standard InChI is InChI=1S/C10H17NO/c1-4-8(3)9-6-7-11(5-2)10(9)12/h5,8-9H,2,4,6-7H2,1,3H3. The van der Waals surface area contributed by atoms with Crippen molar-refractivity contribution in [2.45, 2.75) is 26.7 Å². The molecule has 0 bridgehead atoms. The molecule has 0 N–H and O–H groups in total. The van der Waals surface area contributed by atoms with Crippen LogP contribution >= 0.6 is 0 Å². The number of hydrogen-bond donors (Lipinski definition) is 0. The van der Waals surface area contributed by atoms with Gasteiger partial charge >= 0.3 is 0 Å². The fraction of sp³-hybridized carbons (Fsp3) is 0.700. The van der Waals surface area contributed by atoms with Crippen molar-refractivity contribution >= 4 is 5.91 Å². The maximum Gasteiger partial charge on any atom is 0.229 e. The molecular weight excluding hydrogens is 150 g/mol. The lowest BCUT2D eigenvalue weighted by molar-refractivity contribution is -0.130. The van der Waals surface area contributed by atoms with Crippen LogP contribution in [0.3, 0.4) is 0 Å². The molecule has 0 aliphatic carbocycles. The summed E-state index contributed by atoms with van der Waals surface area (Å²) in [4.78, 5) is 13.3. The van der Waals surface area contributed by atoms with Crippen molar-refractivity contribution in [3.05, 3.63) is 12.8 Å². The number of hydrogen-bond acceptors (Lipinski definition) is 1. The fourth-order valence-electron chi connectivity index (χ4n) is 1.72. The SMILES string of the molecule is C=CN1CCC(C(C)CC)C1=O. The highest BCUT2D eigenvalue weighted by molar-refractivity contribution is 5.82. The van der Waals surface area contributed by atoms with E-state index in [9.17, 15) is 4.79 Å². The summed E-state index contributed by atoms with van der Waals surface area (Å²) in [5.74, 6) is 1.02. The molecule has 2 nitrogen and oxygen atoms in total. The van der Waals surface area contributed by atoms with E-state index in [1.54, 1.807) is 11.1 Å². The van der Waals surface area contributed by atoms with Crippen LogP contribution < -0.4 is 0 Å². The molecule has 1 amide bonds. The summed E-state index contributed by atoms with van der Waals surface area (Å²) >= 11 is 0. The van der Waals surface area contributed by atoms with E-state index < -0.39 is 0 Å². The Morgan fingerprint density at radius 3 is 2.92 bits per heavy atom. The fourth-order valence-corrected chi connectivity index (χ4v) is 1.72. The molecule has 0 spiro atoms. The highest BCUT2D eigenvalue weighted by Crippen LogP contribution is 2.27. The molecular formula is C10H17NO. The Bertz CT molecular complexity index is 188. The van der Waals surface area contributed by atoms with Crippen molar-refractivity contribution in [2.75, 3.05) is 6.54 Å². The minimum Gasteiger partial charge on any atom is -0.319 e. The van der Waals surface area contributed by atoms with Gasteiger partial charge in [-0.3, -0.25) is 4.79 Å². The van der Waals surface area contributed by atoms with E-state index in [0.717, 1.165) is 19.4 Å². The van der Waals surface area contributed by atoms with Crippen LogP contribution in [0.15, 0.2) is 12.8 Å². The lowest BCUT2D eigenvalue weighted by Gasteiger charge is -2.15. The van der Waals surface area contributed by atoms with Crippen LogP contribution in [0.25, 0.3) is 0 Å². The Balaban J connectivity index is 2.60. The normalized spacial score (nSPS) is 26.0. The topological polar surface area (TPSA) is 20.3 Å². The van der Waals surface area contributed by atoms with Crippen molar-refractivity contribution < 1.29 is 4.79 Å². The van der Waals surface area contributed by atoms with Gasteiger partial charge < -0.3 is 4.90 Å². The zero-order chi connectivity index (χ0) is 9.14. The Labute approximate surface area is 74.2 Å². The number of carbonyl (C=O) groups excluding carboxylic acids is 1. The molecule has 0 aromatic rings. The predicted octanol–water partition coefficient (Wildman–Crippen LogP) is 2.02. The molecule has 2 unspecified atom stereocenters. The Morgan fingerprint density at radius 1 is 1.83 bits per heavy atom. The molecule has 1 aliphatic rings. The number of nitrogens with zero attached hydrogens (tertiary/aromatic N) is 1. The molecule has 12 heavy (non-hydrogen) atoms. The highest BCUT2D eigenvalue weighted by atomic mass is 16.2. The third-order valence-electron chi connectivity index (χ3n) is 2.83. The van der Waals surface area contributed by atoms with Gasteiger partial charge in [-0.15, -0.1) is 0 Å². The van der Waals surface area contributed by atoms with Crippen LogP contribution in [0.4, 0.5) is 0 Å². The summed E-state index contributed by atoms with van der Waals surface area (Å²) in [6.45, 7) is 8.76. The van der Waals surface area contributed by atoms with Crippen molar-refractivity contribution in [1.29, 1.82) is 0 Å². The van der Waals surface area contributed by atoms with Gasteiger partial charge in [0.05, 0.1) is 0 Å². The number of amides is 1. The molecule has 1 saturated heterocycles. The molecule has 68 valence electrons. The summed E-state index contributed by atoms with van der Waals surface area (Å²) in [5.41, 5.74) is 0. The largest absolute Gasteiger partial charge is 0.319 e. The van der Waals surface area contributed by atoms with Gasteiger partial charge in [0.25, 0.3) is 0 Å². The van der Waals surface area contributed by atoms with Gasteiger partial charge in [0.1, 0.15) is 0 Å². The molecule has 2 heteroatoms. The Kier molecular flexibility index (Phi) is 2.90. The monoisotopic (exact) mass is 167 g/mol. The molecule has 0 aromatic carbocycles. The quantitative estimate of drug-likeness (QED) is 0.629. The first kappa shape index (κ1) is 9.30. The average molecular weight is 167 g/mol. The van der Waals surface area contributed by atoms with E-state index in [1.165, 1.54) is 0 Å². The average Bonchev–Trinajstić information content (AvgIpc) is 2.45. The maximum atomic E-state index is 11.6. The van der Waals surface area contributed by atoms with E-state index in [1.807, 2.05) is 0 Å². The van der Waals surface area contributed by atoms with Gasteiger partial charge in [0.2, 0.25) is 5.91 Å². The van der Waals surface area contributed by atoms with Crippen LogP contribution in [-0.4, -0.2) is 17.4 Å². The number of likely N-dealkylation sites (tertiary alicyclic amines) is 1. The van der Waals surface area contributed by atoms with E-state index in [0.29, 0.717) is 5.92 Å². The lowest BCUT2D eigenvalue weighted by atomic mass is 9.91. The molecule has 1 aliphatic heterocycles. The van der Waals surface area contributed by atoms with Crippen molar-refractivity contribution in [1.82, 2.24) is 4.90 Å². The second-order valence-electron chi connectivity index (χ2n) is 3.49. The van der Waals surface area contributed by atoms with Crippen molar-refractivity contribution in [3.63, 3.8) is 0 Å². The summed E-state index contributed by atoms with van der Waals surface area (Å²) in [6.07, 6.45) is 3.73. The summed E-state index contributed by atoms with van der Waals surface area (Å²) < 4.78 is 0. The van der Waals surface area contributed by atoms with Gasteiger partial charge in [0.15, 0.2) is 0 Å². The van der Waals surface area contributed by atoms with E-state index >= 15 is 0 Å². The molecule has 0 aromatic heterocycles. The number of rotatable bonds is 3. The number of carbonyl (C=O) groups is 1. The molecule has 0 saturated carbocycles. The van der Waals surface area contributed by atoms with Gasteiger partial charge in [-0.1, -0.05) is 26.8 Å². The van der Waals surface area contributed by atoms with Crippen LogP contribution in [0.1, 0.15) is 26.7 Å². The first-order valence-corrected chi connectivity index (χ1v) is 4.63. The second kappa shape index (κ2) is 3.74.